The lowest BCUT2D eigenvalue weighted by Crippen LogP contribution is -2.46. The molecule has 1 aliphatic rings. The van der Waals surface area contributed by atoms with Crippen molar-refractivity contribution in [3.63, 3.8) is 0 Å². The van der Waals surface area contributed by atoms with Crippen molar-refractivity contribution in [1.82, 2.24) is 5.32 Å². The first kappa shape index (κ1) is 16.3. The van der Waals surface area contributed by atoms with E-state index in [4.69, 9.17) is 0 Å². The number of rotatable bonds is 4. The molecule has 0 aromatic heterocycles. The van der Waals surface area contributed by atoms with Crippen molar-refractivity contribution in [2.24, 2.45) is 11.8 Å². The van der Waals surface area contributed by atoms with E-state index in [1.165, 1.54) is 36.7 Å². The van der Waals surface area contributed by atoms with Crippen LogP contribution in [0.25, 0.3) is 0 Å². The van der Waals surface area contributed by atoms with Gasteiger partial charge in [-0.25, -0.2) is 4.39 Å². The summed E-state index contributed by atoms with van der Waals surface area (Å²) in [6.07, 6.45) is 3.52. The van der Waals surface area contributed by atoms with Crippen LogP contribution in [0.2, 0.25) is 0 Å². The lowest BCUT2D eigenvalue weighted by Gasteiger charge is -2.35. The highest BCUT2D eigenvalue weighted by Gasteiger charge is 2.29. The molecule has 2 nitrogen and oxygen atoms in total. The number of carbonyl (C=O) groups is 1. The Morgan fingerprint density at radius 2 is 1.95 bits per heavy atom. The molecule has 116 valence electrons. The molecule has 0 heterocycles. The fourth-order valence-electron chi connectivity index (χ4n) is 2.86. The molecule has 1 aromatic carbocycles. The highest BCUT2D eigenvalue weighted by atomic mass is 32.2. The van der Waals surface area contributed by atoms with Gasteiger partial charge >= 0.3 is 0 Å². The van der Waals surface area contributed by atoms with E-state index in [0.29, 0.717) is 11.8 Å². The molecule has 2 rings (SSSR count). The van der Waals surface area contributed by atoms with Crippen molar-refractivity contribution < 1.29 is 9.18 Å². The van der Waals surface area contributed by atoms with Crippen LogP contribution in [0.5, 0.6) is 0 Å². The number of amides is 1. The van der Waals surface area contributed by atoms with Crippen LogP contribution in [0.3, 0.4) is 0 Å². The van der Waals surface area contributed by atoms with Gasteiger partial charge in [0.1, 0.15) is 5.82 Å². The zero-order valence-corrected chi connectivity index (χ0v) is 13.8. The molecule has 21 heavy (non-hydrogen) atoms. The molecule has 0 aliphatic heterocycles. The Kier molecular flexibility index (Phi) is 5.68. The molecule has 0 spiro atoms. The van der Waals surface area contributed by atoms with Crippen LogP contribution in [-0.2, 0) is 4.79 Å². The van der Waals surface area contributed by atoms with Crippen molar-refractivity contribution in [3.8, 4) is 0 Å². The molecular weight excluding hydrogens is 285 g/mol. The largest absolute Gasteiger partial charge is 0.352 e. The van der Waals surface area contributed by atoms with Crippen molar-refractivity contribution in [3.05, 3.63) is 30.1 Å². The van der Waals surface area contributed by atoms with Crippen LogP contribution in [0.15, 0.2) is 29.2 Å². The van der Waals surface area contributed by atoms with E-state index in [9.17, 15) is 9.18 Å². The molecule has 1 fully saturated rings. The predicted octanol–water partition coefficient (Wildman–Crippen LogP) is 4.25. The van der Waals surface area contributed by atoms with Gasteiger partial charge in [-0.15, -0.1) is 11.8 Å². The van der Waals surface area contributed by atoms with Crippen LogP contribution < -0.4 is 5.32 Å². The van der Waals surface area contributed by atoms with Crippen LogP contribution in [0.1, 0.15) is 40.0 Å². The average molecular weight is 309 g/mol. The van der Waals surface area contributed by atoms with Gasteiger partial charge in [-0.05, 0) is 49.4 Å². The van der Waals surface area contributed by atoms with Crippen molar-refractivity contribution in [1.29, 1.82) is 0 Å². The highest BCUT2D eigenvalue weighted by molar-refractivity contribution is 8.00. The maximum absolute atomic E-state index is 12.9. The Morgan fingerprint density at radius 3 is 2.62 bits per heavy atom. The Labute approximate surface area is 130 Å². The van der Waals surface area contributed by atoms with Crippen molar-refractivity contribution in [2.45, 2.75) is 56.2 Å². The maximum atomic E-state index is 12.9. The van der Waals surface area contributed by atoms with Crippen LogP contribution in [0.4, 0.5) is 4.39 Å². The molecule has 1 N–H and O–H groups in total. The molecule has 4 atom stereocenters. The normalized spacial score (nSPS) is 27.1. The molecule has 0 radical (unpaired) electrons. The van der Waals surface area contributed by atoms with E-state index in [-0.39, 0.29) is 23.0 Å². The van der Waals surface area contributed by atoms with Crippen LogP contribution in [-0.4, -0.2) is 17.2 Å². The number of benzene rings is 1. The van der Waals surface area contributed by atoms with E-state index < -0.39 is 0 Å². The standard InChI is InChI=1S/C17H24FNOS/c1-11-5-4-6-16(12(11)2)19-17(20)13(3)21-15-9-7-14(18)8-10-15/h7-13,16H,4-6H2,1-3H3,(H,19,20)/t11-,12-,13-,16+/m1/s1. The second-order valence-corrected chi connectivity index (χ2v) is 7.51. The lowest BCUT2D eigenvalue weighted by atomic mass is 9.78. The number of halogens is 1. The SMILES string of the molecule is C[C@@H]1[C@H](C)CCC[C@@H]1NC(=O)[C@@H](C)Sc1ccc(F)cc1. The van der Waals surface area contributed by atoms with Gasteiger partial charge in [-0.1, -0.05) is 26.7 Å². The molecule has 1 amide bonds. The Balaban J connectivity index is 1.88. The third-order valence-corrected chi connectivity index (χ3v) is 5.64. The first-order valence-electron chi connectivity index (χ1n) is 7.70. The van der Waals surface area contributed by atoms with E-state index >= 15 is 0 Å². The summed E-state index contributed by atoms with van der Waals surface area (Å²) in [5, 5.41) is 3.03. The van der Waals surface area contributed by atoms with Gasteiger partial charge in [0, 0.05) is 10.9 Å². The summed E-state index contributed by atoms with van der Waals surface area (Å²) >= 11 is 1.47. The smallest absolute Gasteiger partial charge is 0.233 e. The van der Waals surface area contributed by atoms with E-state index in [0.717, 1.165) is 11.3 Å². The summed E-state index contributed by atoms with van der Waals surface area (Å²) in [5.41, 5.74) is 0. The van der Waals surface area contributed by atoms with E-state index in [1.807, 2.05) is 6.92 Å². The third kappa shape index (κ3) is 4.47. The van der Waals surface area contributed by atoms with Gasteiger partial charge in [0.15, 0.2) is 0 Å². The summed E-state index contributed by atoms with van der Waals surface area (Å²) in [5.74, 6) is 1.03. The predicted molar refractivity (Wildman–Crippen MR) is 85.8 cm³/mol. The second kappa shape index (κ2) is 7.30. The molecular formula is C17H24FNOS. The Morgan fingerprint density at radius 1 is 1.29 bits per heavy atom. The summed E-state index contributed by atoms with van der Waals surface area (Å²) in [6, 6.07) is 6.58. The minimum Gasteiger partial charge on any atom is -0.352 e. The third-order valence-electron chi connectivity index (χ3n) is 4.53. The zero-order valence-electron chi connectivity index (χ0n) is 12.9. The molecule has 0 unspecified atom stereocenters. The van der Waals surface area contributed by atoms with Gasteiger partial charge in [-0.3, -0.25) is 4.79 Å². The number of hydrogen-bond donors (Lipinski definition) is 1. The van der Waals surface area contributed by atoms with E-state index in [1.54, 1.807) is 12.1 Å². The summed E-state index contributed by atoms with van der Waals surface area (Å²) < 4.78 is 12.9. The molecule has 4 heteroatoms. The summed E-state index contributed by atoms with van der Waals surface area (Å²) in [6.45, 7) is 6.40. The van der Waals surface area contributed by atoms with Crippen molar-refractivity contribution >= 4 is 17.7 Å². The van der Waals surface area contributed by atoms with Gasteiger partial charge in [0.05, 0.1) is 5.25 Å². The molecule has 1 saturated carbocycles. The minimum atomic E-state index is -0.249. The van der Waals surface area contributed by atoms with Gasteiger partial charge in [0.25, 0.3) is 0 Å². The number of thioether (sulfide) groups is 1. The minimum absolute atomic E-state index is 0.0790. The van der Waals surface area contributed by atoms with Gasteiger partial charge < -0.3 is 5.32 Å². The summed E-state index contributed by atoms with van der Waals surface area (Å²) in [7, 11) is 0. The van der Waals surface area contributed by atoms with Crippen LogP contribution in [0, 0.1) is 17.7 Å². The zero-order chi connectivity index (χ0) is 15.4. The lowest BCUT2D eigenvalue weighted by molar-refractivity contribution is -0.121. The van der Waals surface area contributed by atoms with Crippen molar-refractivity contribution in [2.75, 3.05) is 0 Å². The quantitative estimate of drug-likeness (QED) is 0.843. The summed E-state index contributed by atoms with van der Waals surface area (Å²) in [4.78, 5) is 13.2. The number of nitrogens with one attached hydrogen (secondary N) is 1. The molecule has 0 bridgehead atoms. The average Bonchev–Trinajstić information content (AvgIpc) is 2.46. The molecule has 1 aromatic rings. The van der Waals surface area contributed by atoms with Crippen LogP contribution >= 0.6 is 11.8 Å². The molecule has 0 saturated heterocycles. The van der Waals surface area contributed by atoms with E-state index in [2.05, 4.69) is 19.2 Å². The first-order valence-corrected chi connectivity index (χ1v) is 8.58. The van der Waals surface area contributed by atoms with Gasteiger partial charge in [-0.2, -0.15) is 0 Å². The monoisotopic (exact) mass is 309 g/mol. The van der Waals surface area contributed by atoms with Gasteiger partial charge in [0.2, 0.25) is 5.91 Å². The number of hydrogen-bond acceptors (Lipinski definition) is 2. The second-order valence-electron chi connectivity index (χ2n) is 6.10. The number of carbonyl (C=O) groups excluding carboxylic acids is 1. The Bertz CT molecular complexity index is 476. The molecule has 1 aliphatic carbocycles. The maximum Gasteiger partial charge on any atom is 0.233 e. The highest BCUT2D eigenvalue weighted by Crippen LogP contribution is 2.30. The topological polar surface area (TPSA) is 29.1 Å². The Hall–Kier alpha value is -1.03. The fraction of sp³-hybridized carbons (Fsp3) is 0.588. The first-order chi connectivity index (χ1) is 9.97. The fourth-order valence-corrected chi connectivity index (χ4v) is 3.73.